The van der Waals surface area contributed by atoms with Gasteiger partial charge in [-0.05, 0) is 36.8 Å². The molecule has 0 radical (unpaired) electrons. The first-order valence-corrected chi connectivity index (χ1v) is 9.25. The van der Waals surface area contributed by atoms with E-state index in [1.54, 1.807) is 18.3 Å². The number of aromatic nitrogens is 5. The van der Waals surface area contributed by atoms with Crippen LogP contribution in [0, 0.1) is 6.92 Å². The summed E-state index contributed by atoms with van der Waals surface area (Å²) in [5, 5.41) is 13.2. The molecule has 0 amide bonds. The fourth-order valence-corrected chi connectivity index (χ4v) is 3.33. The van der Waals surface area contributed by atoms with Crippen LogP contribution in [0.4, 0.5) is 5.69 Å². The van der Waals surface area contributed by atoms with Crippen molar-refractivity contribution >= 4 is 34.5 Å². The summed E-state index contributed by atoms with van der Waals surface area (Å²) in [5.74, 6) is 0.726. The quantitative estimate of drug-likeness (QED) is 0.510. The molecule has 0 unspecified atom stereocenters. The normalized spacial score (nSPS) is 11.1. The molecule has 3 heterocycles. The third-order valence-corrected chi connectivity index (χ3v) is 5.24. The maximum absolute atomic E-state index is 12.8. The van der Waals surface area contributed by atoms with Crippen molar-refractivity contribution in [3.8, 4) is 5.69 Å². The van der Waals surface area contributed by atoms with E-state index in [2.05, 4.69) is 15.3 Å². The van der Waals surface area contributed by atoms with Gasteiger partial charge in [0, 0.05) is 18.3 Å². The summed E-state index contributed by atoms with van der Waals surface area (Å²) in [6, 6.07) is 11.0. The first kappa shape index (κ1) is 18.5. The van der Waals surface area contributed by atoms with Gasteiger partial charge in [-0.2, -0.15) is 9.78 Å². The van der Waals surface area contributed by atoms with Gasteiger partial charge >= 0.3 is 0 Å². The minimum Gasteiger partial charge on any atom is -0.364 e. The molecule has 3 aromatic heterocycles. The Balaban J connectivity index is 1.67. The molecular weight excluding hydrogens is 399 g/mol. The summed E-state index contributed by atoms with van der Waals surface area (Å²) in [7, 11) is 1.82. The van der Waals surface area contributed by atoms with Crippen LogP contribution in [0.1, 0.15) is 11.4 Å². The molecule has 0 aliphatic heterocycles. The minimum absolute atomic E-state index is 0.0722. The molecule has 1 aromatic carbocycles. The van der Waals surface area contributed by atoms with Crippen LogP contribution in [0.15, 0.2) is 53.6 Å². The van der Waals surface area contributed by atoms with Crippen molar-refractivity contribution in [1.29, 1.82) is 0 Å². The van der Waals surface area contributed by atoms with E-state index >= 15 is 0 Å². The highest BCUT2D eigenvalue weighted by Crippen LogP contribution is 2.23. The number of nitrogens with zero attached hydrogens (tertiary/aromatic N) is 6. The fourth-order valence-electron chi connectivity index (χ4n) is 2.88. The minimum atomic E-state index is -0.419. The Morgan fingerprint density at radius 2 is 1.96 bits per heavy atom. The largest absolute Gasteiger partial charge is 0.364 e. The second-order valence-electron chi connectivity index (χ2n) is 6.40. The van der Waals surface area contributed by atoms with Gasteiger partial charge in [0.05, 0.1) is 24.1 Å². The van der Waals surface area contributed by atoms with Crippen LogP contribution in [-0.4, -0.2) is 31.4 Å². The van der Waals surface area contributed by atoms with Crippen molar-refractivity contribution in [1.82, 2.24) is 24.4 Å². The van der Waals surface area contributed by atoms with Crippen LogP contribution >= 0.6 is 23.2 Å². The lowest BCUT2D eigenvalue weighted by atomic mass is 10.2. The fraction of sp³-hybridized carbons (Fsp3) is 0.158. The van der Waals surface area contributed by atoms with Crippen molar-refractivity contribution in [2.24, 2.45) is 0 Å². The van der Waals surface area contributed by atoms with Gasteiger partial charge < -0.3 is 4.90 Å². The molecule has 28 heavy (non-hydrogen) atoms. The summed E-state index contributed by atoms with van der Waals surface area (Å²) >= 11 is 12.5. The number of halogens is 2. The van der Waals surface area contributed by atoms with Gasteiger partial charge in [-0.1, -0.05) is 35.3 Å². The van der Waals surface area contributed by atoms with Gasteiger partial charge in [0.2, 0.25) is 0 Å². The molecule has 0 fully saturated rings. The van der Waals surface area contributed by atoms with Crippen LogP contribution in [0.5, 0.6) is 0 Å². The van der Waals surface area contributed by atoms with Crippen LogP contribution in [0.2, 0.25) is 10.0 Å². The molecule has 0 saturated carbocycles. The van der Waals surface area contributed by atoms with Crippen LogP contribution in [0.3, 0.4) is 0 Å². The molecule has 7 nitrogen and oxygen atoms in total. The molecule has 4 rings (SSSR count). The van der Waals surface area contributed by atoms with E-state index < -0.39 is 5.56 Å². The zero-order valence-electron chi connectivity index (χ0n) is 15.2. The number of anilines is 1. The first-order valence-electron chi connectivity index (χ1n) is 8.50. The van der Waals surface area contributed by atoms with E-state index in [1.807, 2.05) is 53.7 Å². The summed E-state index contributed by atoms with van der Waals surface area (Å²) in [4.78, 5) is 14.6. The Hall–Kier alpha value is -2.90. The molecule has 0 spiro atoms. The zero-order valence-corrected chi connectivity index (χ0v) is 16.7. The molecule has 0 N–H and O–H groups in total. The van der Waals surface area contributed by atoms with Gasteiger partial charge in [0.15, 0.2) is 11.5 Å². The van der Waals surface area contributed by atoms with Crippen molar-refractivity contribution in [3.05, 3.63) is 80.6 Å². The van der Waals surface area contributed by atoms with E-state index in [9.17, 15) is 4.79 Å². The van der Waals surface area contributed by atoms with Crippen molar-refractivity contribution in [2.45, 2.75) is 13.5 Å². The second-order valence-corrected chi connectivity index (χ2v) is 7.18. The molecule has 4 aromatic rings. The molecular formula is C19H16Cl2N6O. The Kier molecular flexibility index (Phi) is 4.78. The van der Waals surface area contributed by atoms with Crippen LogP contribution in [-0.2, 0) is 6.54 Å². The van der Waals surface area contributed by atoms with E-state index in [-0.39, 0.29) is 5.02 Å². The van der Waals surface area contributed by atoms with Gasteiger partial charge in [0.1, 0.15) is 5.02 Å². The van der Waals surface area contributed by atoms with E-state index in [1.165, 1.54) is 4.68 Å². The van der Waals surface area contributed by atoms with E-state index in [0.717, 1.165) is 17.0 Å². The molecule has 9 heteroatoms. The van der Waals surface area contributed by atoms with Crippen molar-refractivity contribution < 1.29 is 0 Å². The van der Waals surface area contributed by atoms with Gasteiger partial charge in [0.25, 0.3) is 5.56 Å². The molecule has 0 saturated heterocycles. The van der Waals surface area contributed by atoms with Gasteiger partial charge in [-0.3, -0.25) is 9.20 Å². The number of aryl methyl sites for hydroxylation is 1. The van der Waals surface area contributed by atoms with Crippen molar-refractivity contribution in [2.75, 3.05) is 11.9 Å². The lowest BCUT2D eigenvalue weighted by Gasteiger charge is -2.19. The molecule has 0 bridgehead atoms. The topological polar surface area (TPSA) is 68.3 Å². The Bertz CT molecular complexity index is 1230. The van der Waals surface area contributed by atoms with Crippen LogP contribution < -0.4 is 10.5 Å². The second kappa shape index (κ2) is 7.26. The molecule has 0 aliphatic carbocycles. The predicted octanol–water partition coefficient (Wildman–Crippen LogP) is 3.53. The highest BCUT2D eigenvalue weighted by atomic mass is 35.5. The lowest BCUT2D eigenvalue weighted by Crippen LogP contribution is -2.26. The van der Waals surface area contributed by atoms with Gasteiger partial charge in [-0.15, -0.1) is 10.2 Å². The molecule has 0 aliphatic rings. The summed E-state index contributed by atoms with van der Waals surface area (Å²) < 4.78 is 3.12. The highest BCUT2D eigenvalue weighted by molar-refractivity contribution is 6.33. The number of fused-ring (bicyclic) bond motifs is 1. The van der Waals surface area contributed by atoms with E-state index in [4.69, 9.17) is 23.2 Å². The third kappa shape index (κ3) is 3.23. The zero-order chi connectivity index (χ0) is 19.8. The number of hydrogen-bond acceptors (Lipinski definition) is 5. The van der Waals surface area contributed by atoms with E-state index in [0.29, 0.717) is 22.9 Å². The Morgan fingerprint density at radius 1 is 1.14 bits per heavy atom. The number of benzene rings is 1. The number of pyridine rings is 1. The predicted molar refractivity (Wildman–Crippen MR) is 110 cm³/mol. The summed E-state index contributed by atoms with van der Waals surface area (Å²) in [5.41, 5.74) is 2.31. The molecule has 142 valence electrons. The highest BCUT2D eigenvalue weighted by Gasteiger charge is 2.16. The lowest BCUT2D eigenvalue weighted by molar-refractivity contribution is 0.779. The molecule has 0 atom stereocenters. The maximum Gasteiger partial charge on any atom is 0.292 e. The smallest absolute Gasteiger partial charge is 0.292 e. The number of hydrogen-bond donors (Lipinski definition) is 0. The number of rotatable bonds is 4. The van der Waals surface area contributed by atoms with Crippen molar-refractivity contribution in [3.63, 3.8) is 0 Å². The summed E-state index contributed by atoms with van der Waals surface area (Å²) in [6.45, 7) is 2.30. The maximum atomic E-state index is 12.8. The first-order chi connectivity index (χ1) is 13.5. The van der Waals surface area contributed by atoms with Gasteiger partial charge in [-0.25, -0.2) is 0 Å². The third-order valence-electron chi connectivity index (χ3n) is 4.47. The summed E-state index contributed by atoms with van der Waals surface area (Å²) in [6.07, 6.45) is 3.44. The Morgan fingerprint density at radius 3 is 2.75 bits per heavy atom. The standard InChI is InChI=1S/C19H16Cl2N6O/c1-12-6-7-13(9-14(12)20)27-19(28)18(21)15(10-22-27)25(2)11-17-24-23-16-5-3-4-8-26(16)17/h3-10H,11H2,1-2H3. The SMILES string of the molecule is Cc1ccc(-n2ncc(N(C)Cc3nnc4ccccn34)c(Cl)c2=O)cc1Cl. The average Bonchev–Trinajstić information content (AvgIpc) is 3.09. The monoisotopic (exact) mass is 414 g/mol. The Labute approximate surface area is 170 Å². The van der Waals surface area contributed by atoms with Crippen LogP contribution in [0.25, 0.3) is 11.3 Å². The average molecular weight is 415 g/mol.